The van der Waals surface area contributed by atoms with Gasteiger partial charge in [-0.1, -0.05) is 23.7 Å². The largest absolute Gasteiger partial charge is 0.375 e. The second-order valence-electron chi connectivity index (χ2n) is 2.51. The van der Waals surface area contributed by atoms with Gasteiger partial charge in [-0.3, -0.25) is 0 Å². The molecule has 2 nitrogen and oxygen atoms in total. The lowest BCUT2D eigenvalue weighted by molar-refractivity contribution is 0.110. The van der Waals surface area contributed by atoms with Crippen molar-refractivity contribution in [1.82, 2.24) is 0 Å². The molecule has 0 saturated heterocycles. The van der Waals surface area contributed by atoms with E-state index in [9.17, 15) is 0 Å². The Kier molecular flexibility index (Phi) is 3.53. The molecule has 1 aromatic carbocycles. The Labute approximate surface area is 77.3 Å². The van der Waals surface area contributed by atoms with Gasteiger partial charge in [0.15, 0.2) is 0 Å². The molecule has 12 heavy (non-hydrogen) atoms. The molecule has 0 bridgehead atoms. The number of benzene rings is 1. The number of halogens is 1. The first-order valence-electron chi connectivity index (χ1n) is 3.76. The topological polar surface area (TPSA) is 35.2 Å². The number of nitrogens with two attached hydrogens (primary N) is 1. The second kappa shape index (κ2) is 4.45. The molecule has 0 aromatic heterocycles. The molecule has 0 aliphatic rings. The van der Waals surface area contributed by atoms with Crippen LogP contribution in [0.5, 0.6) is 0 Å². The molecule has 0 fully saturated rings. The van der Waals surface area contributed by atoms with E-state index in [2.05, 4.69) is 0 Å². The van der Waals surface area contributed by atoms with Crippen molar-refractivity contribution in [2.75, 3.05) is 13.7 Å². The smallest absolute Gasteiger partial charge is 0.0943 e. The molecule has 0 amide bonds. The van der Waals surface area contributed by atoms with E-state index in [1.165, 1.54) is 0 Å². The van der Waals surface area contributed by atoms with Crippen molar-refractivity contribution in [2.24, 2.45) is 5.73 Å². The molecule has 66 valence electrons. The molecule has 0 saturated carbocycles. The van der Waals surface area contributed by atoms with Crippen molar-refractivity contribution >= 4 is 11.6 Å². The lowest BCUT2D eigenvalue weighted by Gasteiger charge is -2.12. The minimum absolute atomic E-state index is 0.0257. The Balaban J connectivity index is 2.80. The molecular weight excluding hydrogens is 174 g/mol. The molecule has 1 rings (SSSR count). The maximum atomic E-state index is 5.73. The van der Waals surface area contributed by atoms with Crippen molar-refractivity contribution in [3.8, 4) is 0 Å². The first-order valence-corrected chi connectivity index (χ1v) is 4.14. The highest BCUT2D eigenvalue weighted by atomic mass is 35.5. The molecule has 0 aliphatic heterocycles. The standard InChI is InChI=1S/C9H12ClNO/c1-12-9(6-11)7-2-4-8(10)5-3-7/h2-5,9H,6,11H2,1H3/t9-/m0/s1. The van der Waals surface area contributed by atoms with Gasteiger partial charge >= 0.3 is 0 Å². The zero-order valence-corrected chi connectivity index (χ0v) is 7.71. The summed E-state index contributed by atoms with van der Waals surface area (Å²) in [6.45, 7) is 0.484. The highest BCUT2D eigenvalue weighted by molar-refractivity contribution is 6.30. The number of ether oxygens (including phenoxy) is 1. The van der Waals surface area contributed by atoms with Crippen LogP contribution >= 0.6 is 11.6 Å². The first kappa shape index (κ1) is 9.52. The van der Waals surface area contributed by atoms with E-state index < -0.39 is 0 Å². The lowest BCUT2D eigenvalue weighted by atomic mass is 10.1. The van der Waals surface area contributed by atoms with Crippen LogP contribution < -0.4 is 5.73 Å². The van der Waals surface area contributed by atoms with Gasteiger partial charge < -0.3 is 10.5 Å². The van der Waals surface area contributed by atoms with Crippen LogP contribution in [0.4, 0.5) is 0 Å². The van der Waals surface area contributed by atoms with Crippen molar-refractivity contribution in [2.45, 2.75) is 6.10 Å². The average molecular weight is 186 g/mol. The molecule has 1 aromatic rings. The summed E-state index contributed by atoms with van der Waals surface area (Å²) >= 11 is 5.73. The number of hydrogen-bond donors (Lipinski definition) is 1. The van der Waals surface area contributed by atoms with Crippen LogP contribution in [0.3, 0.4) is 0 Å². The maximum absolute atomic E-state index is 5.73. The van der Waals surface area contributed by atoms with Crippen LogP contribution in [0.25, 0.3) is 0 Å². The summed E-state index contributed by atoms with van der Waals surface area (Å²) < 4.78 is 5.16. The maximum Gasteiger partial charge on any atom is 0.0943 e. The third kappa shape index (κ3) is 2.21. The van der Waals surface area contributed by atoms with Gasteiger partial charge in [0.05, 0.1) is 6.10 Å². The summed E-state index contributed by atoms with van der Waals surface area (Å²) in [5, 5.41) is 0.727. The van der Waals surface area contributed by atoms with E-state index in [-0.39, 0.29) is 6.10 Å². The van der Waals surface area contributed by atoms with Gasteiger partial charge in [-0.25, -0.2) is 0 Å². The molecule has 0 unspecified atom stereocenters. The van der Waals surface area contributed by atoms with Gasteiger partial charge in [0.2, 0.25) is 0 Å². The van der Waals surface area contributed by atoms with E-state index in [1.807, 2.05) is 24.3 Å². The van der Waals surface area contributed by atoms with E-state index in [0.29, 0.717) is 6.54 Å². The first-order chi connectivity index (χ1) is 5.77. The predicted molar refractivity (Wildman–Crippen MR) is 50.3 cm³/mol. The van der Waals surface area contributed by atoms with Gasteiger partial charge in [0, 0.05) is 18.7 Å². The molecular formula is C9H12ClNO. The number of methoxy groups -OCH3 is 1. The van der Waals surface area contributed by atoms with Crippen molar-refractivity contribution in [1.29, 1.82) is 0 Å². The van der Waals surface area contributed by atoms with Crippen LogP contribution in [-0.4, -0.2) is 13.7 Å². The van der Waals surface area contributed by atoms with Crippen LogP contribution in [0, 0.1) is 0 Å². The number of hydrogen-bond acceptors (Lipinski definition) is 2. The van der Waals surface area contributed by atoms with Crippen LogP contribution in [0.2, 0.25) is 5.02 Å². The van der Waals surface area contributed by atoms with Gasteiger partial charge in [-0.15, -0.1) is 0 Å². The van der Waals surface area contributed by atoms with E-state index in [1.54, 1.807) is 7.11 Å². The molecule has 0 spiro atoms. The highest BCUT2D eigenvalue weighted by Gasteiger charge is 2.06. The summed E-state index contributed by atoms with van der Waals surface area (Å²) in [5.41, 5.74) is 6.56. The Morgan fingerprint density at radius 2 is 2.00 bits per heavy atom. The summed E-state index contributed by atoms with van der Waals surface area (Å²) in [6.07, 6.45) is -0.0257. The second-order valence-corrected chi connectivity index (χ2v) is 2.95. The van der Waals surface area contributed by atoms with Gasteiger partial charge in [-0.2, -0.15) is 0 Å². The van der Waals surface area contributed by atoms with E-state index in [4.69, 9.17) is 22.1 Å². The van der Waals surface area contributed by atoms with Crippen molar-refractivity contribution in [3.63, 3.8) is 0 Å². The van der Waals surface area contributed by atoms with Crippen LogP contribution in [-0.2, 0) is 4.74 Å². The summed E-state index contributed by atoms with van der Waals surface area (Å²) in [7, 11) is 1.64. The Morgan fingerprint density at radius 1 is 1.42 bits per heavy atom. The quantitative estimate of drug-likeness (QED) is 0.782. The Hall–Kier alpha value is -0.570. The lowest BCUT2D eigenvalue weighted by Crippen LogP contribution is -2.13. The SMILES string of the molecule is CO[C@@H](CN)c1ccc(Cl)cc1. The summed E-state index contributed by atoms with van der Waals surface area (Å²) in [4.78, 5) is 0. The zero-order chi connectivity index (χ0) is 8.97. The number of rotatable bonds is 3. The highest BCUT2D eigenvalue weighted by Crippen LogP contribution is 2.17. The third-order valence-corrected chi connectivity index (χ3v) is 1.99. The van der Waals surface area contributed by atoms with Crippen molar-refractivity contribution in [3.05, 3.63) is 34.9 Å². The zero-order valence-electron chi connectivity index (χ0n) is 6.96. The minimum Gasteiger partial charge on any atom is -0.375 e. The Bertz CT molecular complexity index is 231. The fourth-order valence-electron chi connectivity index (χ4n) is 1.05. The molecule has 0 radical (unpaired) electrons. The average Bonchev–Trinajstić information content (AvgIpc) is 2.10. The fraction of sp³-hybridized carbons (Fsp3) is 0.333. The summed E-state index contributed by atoms with van der Waals surface area (Å²) in [6, 6.07) is 7.50. The minimum atomic E-state index is -0.0257. The predicted octanol–water partition coefficient (Wildman–Crippen LogP) is 1.99. The van der Waals surface area contributed by atoms with Gasteiger partial charge in [-0.05, 0) is 17.7 Å². The molecule has 0 aliphatic carbocycles. The third-order valence-electron chi connectivity index (χ3n) is 1.74. The molecule has 0 heterocycles. The van der Waals surface area contributed by atoms with Crippen LogP contribution in [0.1, 0.15) is 11.7 Å². The molecule has 1 atom stereocenters. The van der Waals surface area contributed by atoms with Gasteiger partial charge in [0.25, 0.3) is 0 Å². The fourth-order valence-corrected chi connectivity index (χ4v) is 1.17. The Morgan fingerprint density at radius 3 is 2.42 bits per heavy atom. The van der Waals surface area contributed by atoms with Crippen molar-refractivity contribution < 1.29 is 4.74 Å². The molecule has 2 N–H and O–H groups in total. The normalized spacial score (nSPS) is 12.9. The molecule has 3 heteroatoms. The van der Waals surface area contributed by atoms with E-state index in [0.717, 1.165) is 10.6 Å². The van der Waals surface area contributed by atoms with Gasteiger partial charge in [0.1, 0.15) is 0 Å². The monoisotopic (exact) mass is 185 g/mol. The van der Waals surface area contributed by atoms with Crippen LogP contribution in [0.15, 0.2) is 24.3 Å². The van der Waals surface area contributed by atoms with E-state index >= 15 is 0 Å². The summed E-state index contributed by atoms with van der Waals surface area (Å²) in [5.74, 6) is 0.